The van der Waals surface area contributed by atoms with Crippen LogP contribution in [0.15, 0.2) is 18.2 Å². The van der Waals surface area contributed by atoms with E-state index in [1.165, 1.54) is 6.07 Å². The SMILES string of the molecule is CCCNCC1(Cc2ccc(F)cc2F)CCOC1C. The molecule has 0 aromatic heterocycles. The maximum atomic E-state index is 13.9. The lowest BCUT2D eigenvalue weighted by molar-refractivity contribution is 0.0627. The van der Waals surface area contributed by atoms with Crippen LogP contribution in [0.25, 0.3) is 0 Å². The molecule has 2 rings (SSSR count). The molecular formula is C16H23F2NO. The number of hydrogen-bond donors (Lipinski definition) is 1. The van der Waals surface area contributed by atoms with Gasteiger partial charge >= 0.3 is 0 Å². The van der Waals surface area contributed by atoms with E-state index in [2.05, 4.69) is 12.2 Å². The predicted molar refractivity (Wildman–Crippen MR) is 75.7 cm³/mol. The van der Waals surface area contributed by atoms with Crippen molar-refractivity contribution in [3.8, 4) is 0 Å². The Morgan fingerprint density at radius 2 is 2.20 bits per heavy atom. The number of rotatable bonds is 6. The summed E-state index contributed by atoms with van der Waals surface area (Å²) in [5.41, 5.74) is 0.468. The van der Waals surface area contributed by atoms with Gasteiger partial charge in [-0.15, -0.1) is 0 Å². The Balaban J connectivity index is 2.15. The first kappa shape index (κ1) is 15.4. The van der Waals surface area contributed by atoms with Crippen LogP contribution in [0.3, 0.4) is 0 Å². The first-order chi connectivity index (χ1) is 9.57. The van der Waals surface area contributed by atoms with E-state index in [0.29, 0.717) is 18.6 Å². The van der Waals surface area contributed by atoms with Crippen molar-refractivity contribution in [2.45, 2.75) is 39.2 Å². The zero-order chi connectivity index (χ0) is 14.6. The summed E-state index contributed by atoms with van der Waals surface area (Å²) in [6.45, 7) is 6.62. The maximum absolute atomic E-state index is 13.9. The van der Waals surface area contributed by atoms with Crippen LogP contribution < -0.4 is 5.32 Å². The van der Waals surface area contributed by atoms with Crippen molar-refractivity contribution in [2.24, 2.45) is 5.41 Å². The molecule has 1 heterocycles. The second-order valence-corrected chi connectivity index (χ2v) is 5.71. The molecule has 1 aliphatic rings. The van der Waals surface area contributed by atoms with Gasteiger partial charge in [0.15, 0.2) is 0 Å². The van der Waals surface area contributed by atoms with Crippen molar-refractivity contribution in [1.82, 2.24) is 5.32 Å². The van der Waals surface area contributed by atoms with Gasteiger partial charge < -0.3 is 10.1 Å². The summed E-state index contributed by atoms with van der Waals surface area (Å²) in [6.07, 6.45) is 2.63. The molecule has 4 heteroatoms. The minimum Gasteiger partial charge on any atom is -0.378 e. The van der Waals surface area contributed by atoms with Crippen LogP contribution in [0.4, 0.5) is 8.78 Å². The minimum atomic E-state index is -0.528. The molecule has 20 heavy (non-hydrogen) atoms. The first-order valence-corrected chi connectivity index (χ1v) is 7.33. The molecule has 1 aliphatic heterocycles. The van der Waals surface area contributed by atoms with Crippen molar-refractivity contribution < 1.29 is 13.5 Å². The molecule has 2 nitrogen and oxygen atoms in total. The summed E-state index contributed by atoms with van der Waals surface area (Å²) in [5.74, 6) is -0.987. The second-order valence-electron chi connectivity index (χ2n) is 5.71. The van der Waals surface area contributed by atoms with Crippen LogP contribution in [0.1, 0.15) is 32.3 Å². The normalized spacial score (nSPS) is 26.1. The number of ether oxygens (including phenoxy) is 1. The van der Waals surface area contributed by atoms with Crippen molar-refractivity contribution in [3.05, 3.63) is 35.4 Å². The topological polar surface area (TPSA) is 21.3 Å². The number of benzene rings is 1. The third kappa shape index (κ3) is 3.36. The molecule has 2 atom stereocenters. The van der Waals surface area contributed by atoms with Crippen LogP contribution in [-0.2, 0) is 11.2 Å². The molecule has 1 aromatic rings. The zero-order valence-corrected chi connectivity index (χ0v) is 12.2. The second kappa shape index (κ2) is 6.64. The molecule has 1 N–H and O–H groups in total. The molecule has 0 bridgehead atoms. The average Bonchev–Trinajstić information content (AvgIpc) is 2.75. The van der Waals surface area contributed by atoms with Gasteiger partial charge in [-0.1, -0.05) is 13.0 Å². The molecule has 0 spiro atoms. The van der Waals surface area contributed by atoms with Crippen molar-refractivity contribution in [2.75, 3.05) is 19.7 Å². The highest BCUT2D eigenvalue weighted by Crippen LogP contribution is 2.38. The van der Waals surface area contributed by atoms with E-state index < -0.39 is 11.6 Å². The Hall–Kier alpha value is -1.00. The highest BCUT2D eigenvalue weighted by molar-refractivity contribution is 5.21. The highest BCUT2D eigenvalue weighted by atomic mass is 19.1. The van der Waals surface area contributed by atoms with Gasteiger partial charge in [0.05, 0.1) is 6.10 Å². The Morgan fingerprint density at radius 3 is 2.80 bits per heavy atom. The number of halogens is 2. The fourth-order valence-corrected chi connectivity index (χ4v) is 2.90. The fourth-order valence-electron chi connectivity index (χ4n) is 2.90. The molecule has 0 aliphatic carbocycles. The van der Waals surface area contributed by atoms with Crippen LogP contribution in [0.2, 0.25) is 0 Å². The molecule has 112 valence electrons. The summed E-state index contributed by atoms with van der Waals surface area (Å²) in [6, 6.07) is 3.84. The van der Waals surface area contributed by atoms with Gasteiger partial charge in [0.1, 0.15) is 11.6 Å². The van der Waals surface area contributed by atoms with Crippen molar-refractivity contribution in [3.63, 3.8) is 0 Å². The largest absolute Gasteiger partial charge is 0.378 e. The lowest BCUT2D eigenvalue weighted by Crippen LogP contribution is -2.41. The lowest BCUT2D eigenvalue weighted by atomic mass is 9.76. The van der Waals surface area contributed by atoms with Gasteiger partial charge in [-0.05, 0) is 44.4 Å². The number of hydrogen-bond acceptors (Lipinski definition) is 2. The van der Waals surface area contributed by atoms with E-state index in [-0.39, 0.29) is 11.5 Å². The van der Waals surface area contributed by atoms with E-state index >= 15 is 0 Å². The average molecular weight is 283 g/mol. The zero-order valence-electron chi connectivity index (χ0n) is 12.2. The molecule has 0 saturated carbocycles. The van der Waals surface area contributed by atoms with E-state index in [1.807, 2.05) is 6.92 Å². The molecule has 1 aromatic carbocycles. The third-order valence-corrected chi connectivity index (χ3v) is 4.29. The summed E-state index contributed by atoms with van der Waals surface area (Å²) in [4.78, 5) is 0. The van der Waals surface area contributed by atoms with Gasteiger partial charge in [-0.25, -0.2) is 8.78 Å². The molecule has 1 saturated heterocycles. The van der Waals surface area contributed by atoms with Crippen LogP contribution in [-0.4, -0.2) is 25.8 Å². The molecular weight excluding hydrogens is 260 g/mol. The van der Waals surface area contributed by atoms with Crippen LogP contribution >= 0.6 is 0 Å². The predicted octanol–water partition coefficient (Wildman–Crippen LogP) is 3.30. The van der Waals surface area contributed by atoms with E-state index in [1.54, 1.807) is 6.07 Å². The minimum absolute atomic E-state index is 0.0799. The van der Waals surface area contributed by atoms with Crippen LogP contribution in [0.5, 0.6) is 0 Å². The monoisotopic (exact) mass is 283 g/mol. The molecule has 2 unspecified atom stereocenters. The highest BCUT2D eigenvalue weighted by Gasteiger charge is 2.41. The smallest absolute Gasteiger partial charge is 0.129 e. The molecule has 0 amide bonds. The molecule has 1 fully saturated rings. The Kier molecular flexibility index (Phi) is 5.11. The van der Waals surface area contributed by atoms with Gasteiger partial charge in [0.2, 0.25) is 0 Å². The van der Waals surface area contributed by atoms with Gasteiger partial charge in [-0.3, -0.25) is 0 Å². The third-order valence-electron chi connectivity index (χ3n) is 4.29. The Labute approximate surface area is 119 Å². The molecule has 0 radical (unpaired) electrons. The Morgan fingerprint density at radius 1 is 1.40 bits per heavy atom. The Bertz CT molecular complexity index is 452. The number of nitrogens with one attached hydrogen (secondary N) is 1. The lowest BCUT2D eigenvalue weighted by Gasteiger charge is -2.33. The summed E-state index contributed by atoms with van der Waals surface area (Å²) >= 11 is 0. The summed E-state index contributed by atoms with van der Waals surface area (Å²) in [5, 5.41) is 3.42. The van der Waals surface area contributed by atoms with Gasteiger partial charge in [-0.2, -0.15) is 0 Å². The van der Waals surface area contributed by atoms with Crippen molar-refractivity contribution >= 4 is 0 Å². The van der Waals surface area contributed by atoms with Gasteiger partial charge in [0, 0.05) is 24.6 Å². The van der Waals surface area contributed by atoms with E-state index in [0.717, 1.165) is 32.0 Å². The summed E-state index contributed by atoms with van der Waals surface area (Å²) in [7, 11) is 0. The quantitative estimate of drug-likeness (QED) is 0.809. The van der Waals surface area contributed by atoms with Gasteiger partial charge in [0.25, 0.3) is 0 Å². The van der Waals surface area contributed by atoms with Crippen LogP contribution in [0, 0.1) is 17.0 Å². The van der Waals surface area contributed by atoms with E-state index in [4.69, 9.17) is 4.74 Å². The standard InChI is InChI=1S/C16H23F2NO/c1-3-7-19-11-16(6-8-20-12(16)2)10-13-4-5-14(17)9-15(13)18/h4-5,9,12,19H,3,6-8,10-11H2,1-2H3. The van der Waals surface area contributed by atoms with Crippen molar-refractivity contribution in [1.29, 1.82) is 0 Å². The summed E-state index contributed by atoms with van der Waals surface area (Å²) < 4.78 is 32.6. The fraction of sp³-hybridized carbons (Fsp3) is 0.625. The van der Waals surface area contributed by atoms with E-state index in [9.17, 15) is 8.78 Å². The maximum Gasteiger partial charge on any atom is 0.129 e. The first-order valence-electron chi connectivity index (χ1n) is 7.33.